The van der Waals surface area contributed by atoms with Gasteiger partial charge in [0.2, 0.25) is 17.7 Å². The van der Waals surface area contributed by atoms with Crippen LogP contribution in [0.1, 0.15) is 43.6 Å². The summed E-state index contributed by atoms with van der Waals surface area (Å²) in [7, 11) is 0. The normalized spacial score (nSPS) is 15.1. The van der Waals surface area contributed by atoms with Crippen molar-refractivity contribution in [2.45, 2.75) is 51.5 Å². The van der Waals surface area contributed by atoms with E-state index in [1.54, 1.807) is 0 Å². The summed E-state index contributed by atoms with van der Waals surface area (Å²) in [6, 6.07) is 8.29. The smallest absolute Gasteiger partial charge is 0.247 e. The van der Waals surface area contributed by atoms with Gasteiger partial charge < -0.3 is 9.73 Å². The molecule has 5 heteroatoms. The number of aromatic nitrogens is 2. The predicted molar refractivity (Wildman–Crippen MR) is 83.2 cm³/mol. The number of amides is 1. The van der Waals surface area contributed by atoms with Crippen LogP contribution in [0.15, 0.2) is 28.7 Å². The van der Waals surface area contributed by atoms with Crippen molar-refractivity contribution in [3.63, 3.8) is 0 Å². The number of nitrogens with zero attached hydrogens (tertiary/aromatic N) is 2. The summed E-state index contributed by atoms with van der Waals surface area (Å²) < 4.78 is 5.64. The maximum Gasteiger partial charge on any atom is 0.247 e. The van der Waals surface area contributed by atoms with E-state index in [1.165, 1.54) is 12.8 Å². The molecule has 116 valence electrons. The Balaban J connectivity index is 1.54. The molecule has 22 heavy (non-hydrogen) atoms. The van der Waals surface area contributed by atoms with Crippen LogP contribution < -0.4 is 5.32 Å². The van der Waals surface area contributed by atoms with E-state index in [2.05, 4.69) is 15.5 Å². The molecule has 1 aliphatic rings. The Labute approximate surface area is 130 Å². The topological polar surface area (TPSA) is 68.0 Å². The number of hydrogen-bond acceptors (Lipinski definition) is 4. The van der Waals surface area contributed by atoms with E-state index in [0.717, 1.165) is 24.0 Å². The molecule has 1 aromatic heterocycles. The van der Waals surface area contributed by atoms with Crippen LogP contribution in [-0.4, -0.2) is 22.1 Å². The van der Waals surface area contributed by atoms with Crippen LogP contribution in [0.25, 0.3) is 11.5 Å². The fourth-order valence-corrected chi connectivity index (χ4v) is 2.84. The zero-order valence-electron chi connectivity index (χ0n) is 12.8. The lowest BCUT2D eigenvalue weighted by Gasteiger charge is -2.10. The van der Waals surface area contributed by atoms with Crippen molar-refractivity contribution in [1.29, 1.82) is 0 Å². The van der Waals surface area contributed by atoms with Crippen LogP contribution in [0.5, 0.6) is 0 Å². The molecule has 0 atom stereocenters. The van der Waals surface area contributed by atoms with Crippen molar-refractivity contribution in [2.24, 2.45) is 0 Å². The van der Waals surface area contributed by atoms with E-state index >= 15 is 0 Å². The van der Waals surface area contributed by atoms with E-state index in [-0.39, 0.29) is 5.91 Å². The molecular weight excluding hydrogens is 278 g/mol. The first kappa shape index (κ1) is 14.8. The zero-order valence-corrected chi connectivity index (χ0v) is 12.8. The number of aryl methyl sites for hydroxylation is 2. The van der Waals surface area contributed by atoms with Crippen LogP contribution in [-0.2, 0) is 11.2 Å². The van der Waals surface area contributed by atoms with Gasteiger partial charge in [0.05, 0.1) is 0 Å². The number of rotatable bonds is 5. The van der Waals surface area contributed by atoms with Gasteiger partial charge in [0, 0.05) is 24.4 Å². The van der Waals surface area contributed by atoms with Gasteiger partial charge in [0.15, 0.2) is 0 Å². The zero-order chi connectivity index (χ0) is 15.4. The molecular formula is C17H21N3O2. The van der Waals surface area contributed by atoms with Gasteiger partial charge in [-0.15, -0.1) is 10.2 Å². The van der Waals surface area contributed by atoms with E-state index in [4.69, 9.17) is 4.42 Å². The molecule has 1 N–H and O–H groups in total. The highest BCUT2D eigenvalue weighted by Crippen LogP contribution is 2.20. The fraction of sp³-hybridized carbons (Fsp3) is 0.471. The summed E-state index contributed by atoms with van der Waals surface area (Å²) in [4.78, 5) is 11.9. The Bertz CT molecular complexity index is 645. The number of benzene rings is 1. The Morgan fingerprint density at radius 3 is 2.91 bits per heavy atom. The van der Waals surface area contributed by atoms with Crippen LogP contribution in [0, 0.1) is 6.92 Å². The van der Waals surface area contributed by atoms with E-state index in [1.807, 2.05) is 31.2 Å². The Morgan fingerprint density at radius 1 is 1.32 bits per heavy atom. The minimum absolute atomic E-state index is 0.0715. The number of hydrogen-bond donors (Lipinski definition) is 1. The summed E-state index contributed by atoms with van der Waals surface area (Å²) in [5.41, 5.74) is 2.06. The van der Waals surface area contributed by atoms with Gasteiger partial charge in [-0.2, -0.15) is 0 Å². The third-order valence-corrected chi connectivity index (χ3v) is 4.02. The van der Waals surface area contributed by atoms with Crippen molar-refractivity contribution in [3.8, 4) is 11.5 Å². The second-order valence-corrected chi connectivity index (χ2v) is 5.92. The SMILES string of the molecule is Cc1cccc(-c2nnc(CCC(=O)NC3CCCC3)o2)c1. The monoisotopic (exact) mass is 299 g/mol. The Kier molecular flexibility index (Phi) is 4.51. The largest absolute Gasteiger partial charge is 0.421 e. The number of nitrogens with one attached hydrogen (secondary N) is 1. The molecule has 0 radical (unpaired) electrons. The summed E-state index contributed by atoms with van der Waals surface area (Å²) in [6.07, 6.45) is 5.51. The summed E-state index contributed by atoms with van der Waals surface area (Å²) in [6.45, 7) is 2.02. The first-order valence-corrected chi connectivity index (χ1v) is 7.89. The molecule has 0 spiro atoms. The Morgan fingerprint density at radius 2 is 2.14 bits per heavy atom. The lowest BCUT2D eigenvalue weighted by atomic mass is 10.1. The average molecular weight is 299 g/mol. The maximum absolute atomic E-state index is 11.9. The van der Waals surface area contributed by atoms with Crippen molar-refractivity contribution >= 4 is 5.91 Å². The fourth-order valence-electron chi connectivity index (χ4n) is 2.84. The van der Waals surface area contributed by atoms with E-state index in [0.29, 0.717) is 30.7 Å². The maximum atomic E-state index is 11.9. The van der Waals surface area contributed by atoms with Gasteiger partial charge >= 0.3 is 0 Å². The molecule has 5 nitrogen and oxygen atoms in total. The summed E-state index contributed by atoms with van der Waals surface area (Å²) >= 11 is 0. The third kappa shape index (κ3) is 3.72. The van der Waals surface area contributed by atoms with Crippen LogP contribution >= 0.6 is 0 Å². The molecule has 1 fully saturated rings. The van der Waals surface area contributed by atoms with E-state index in [9.17, 15) is 4.79 Å². The molecule has 0 aliphatic heterocycles. The second kappa shape index (κ2) is 6.73. The van der Waals surface area contributed by atoms with Crippen LogP contribution in [0.3, 0.4) is 0 Å². The van der Waals surface area contributed by atoms with Gasteiger partial charge in [0.1, 0.15) is 0 Å². The summed E-state index contributed by atoms with van der Waals surface area (Å²) in [5.74, 6) is 1.09. The molecule has 1 amide bonds. The molecule has 0 saturated heterocycles. The molecule has 0 bridgehead atoms. The van der Waals surface area contributed by atoms with Crippen molar-refractivity contribution < 1.29 is 9.21 Å². The van der Waals surface area contributed by atoms with Gasteiger partial charge in [0.25, 0.3) is 0 Å². The predicted octanol–water partition coefficient (Wildman–Crippen LogP) is 3.04. The minimum atomic E-state index is 0.0715. The van der Waals surface area contributed by atoms with Gasteiger partial charge in [-0.25, -0.2) is 0 Å². The number of carbonyl (C=O) groups excluding carboxylic acids is 1. The van der Waals surface area contributed by atoms with Crippen molar-refractivity contribution in [1.82, 2.24) is 15.5 Å². The first-order valence-electron chi connectivity index (χ1n) is 7.89. The van der Waals surface area contributed by atoms with Crippen LogP contribution in [0.4, 0.5) is 0 Å². The van der Waals surface area contributed by atoms with Crippen molar-refractivity contribution in [2.75, 3.05) is 0 Å². The summed E-state index contributed by atoms with van der Waals surface area (Å²) in [5, 5.41) is 11.2. The molecule has 1 saturated carbocycles. The molecule has 1 aliphatic carbocycles. The molecule has 1 aromatic carbocycles. The lowest BCUT2D eigenvalue weighted by Crippen LogP contribution is -2.32. The van der Waals surface area contributed by atoms with Crippen molar-refractivity contribution in [3.05, 3.63) is 35.7 Å². The quantitative estimate of drug-likeness (QED) is 0.921. The van der Waals surface area contributed by atoms with Gasteiger partial charge in [-0.1, -0.05) is 30.5 Å². The second-order valence-electron chi connectivity index (χ2n) is 5.92. The Hall–Kier alpha value is -2.17. The van der Waals surface area contributed by atoms with Gasteiger partial charge in [-0.05, 0) is 31.9 Å². The van der Waals surface area contributed by atoms with Crippen LogP contribution in [0.2, 0.25) is 0 Å². The molecule has 1 heterocycles. The minimum Gasteiger partial charge on any atom is -0.421 e. The molecule has 0 unspecified atom stereocenters. The number of carbonyl (C=O) groups is 1. The lowest BCUT2D eigenvalue weighted by molar-refractivity contribution is -0.121. The van der Waals surface area contributed by atoms with E-state index < -0.39 is 0 Å². The molecule has 3 rings (SSSR count). The first-order chi connectivity index (χ1) is 10.7. The standard InChI is InChI=1S/C17H21N3O2/c1-12-5-4-6-13(11-12)17-20-19-16(22-17)10-9-15(21)18-14-7-2-3-8-14/h4-6,11,14H,2-3,7-10H2,1H3,(H,18,21). The highest BCUT2D eigenvalue weighted by atomic mass is 16.4. The molecule has 2 aromatic rings. The highest BCUT2D eigenvalue weighted by Gasteiger charge is 2.17. The third-order valence-electron chi connectivity index (χ3n) is 4.02. The van der Waals surface area contributed by atoms with Gasteiger partial charge in [-0.3, -0.25) is 4.79 Å². The highest BCUT2D eigenvalue weighted by molar-refractivity contribution is 5.76. The average Bonchev–Trinajstić information content (AvgIpc) is 3.16.